The van der Waals surface area contributed by atoms with Crippen molar-refractivity contribution in [1.82, 2.24) is 5.32 Å². The first kappa shape index (κ1) is 16.0. The molecule has 4 heteroatoms. The second-order valence-electron chi connectivity index (χ2n) is 5.67. The van der Waals surface area contributed by atoms with Gasteiger partial charge in [0.05, 0.1) is 5.92 Å². The van der Waals surface area contributed by atoms with Crippen LogP contribution in [0.2, 0.25) is 0 Å². The molecule has 0 aliphatic heterocycles. The quantitative estimate of drug-likeness (QED) is 0.676. The Balaban J connectivity index is 2.10. The van der Waals surface area contributed by atoms with Crippen LogP contribution >= 0.6 is 0 Å². The molecule has 1 saturated carbocycles. The van der Waals surface area contributed by atoms with Gasteiger partial charge in [0.2, 0.25) is 5.91 Å². The molecular formula is C15H27NO3. The van der Waals surface area contributed by atoms with Crippen LogP contribution in [-0.4, -0.2) is 23.5 Å². The van der Waals surface area contributed by atoms with E-state index in [1.54, 1.807) is 0 Å². The van der Waals surface area contributed by atoms with Gasteiger partial charge in [0.1, 0.15) is 0 Å². The third-order valence-corrected chi connectivity index (χ3v) is 4.02. The fourth-order valence-electron chi connectivity index (χ4n) is 2.84. The molecule has 0 bridgehead atoms. The topological polar surface area (TPSA) is 66.4 Å². The highest BCUT2D eigenvalue weighted by Crippen LogP contribution is 2.28. The second-order valence-corrected chi connectivity index (χ2v) is 5.67. The smallest absolute Gasteiger partial charge is 0.308 e. The molecule has 1 rings (SSSR count). The molecule has 2 N–H and O–H groups in total. The van der Waals surface area contributed by atoms with Crippen LogP contribution in [0.4, 0.5) is 0 Å². The van der Waals surface area contributed by atoms with E-state index in [2.05, 4.69) is 5.32 Å². The lowest BCUT2D eigenvalue weighted by Gasteiger charge is -2.13. The largest absolute Gasteiger partial charge is 0.481 e. The predicted octanol–water partition coefficient (Wildman–Crippen LogP) is 2.96. The van der Waals surface area contributed by atoms with E-state index in [0.717, 1.165) is 25.2 Å². The molecule has 1 aliphatic rings. The molecule has 0 saturated heterocycles. The zero-order chi connectivity index (χ0) is 14.1. The monoisotopic (exact) mass is 269 g/mol. The van der Waals surface area contributed by atoms with E-state index >= 15 is 0 Å². The molecule has 0 heterocycles. The lowest BCUT2D eigenvalue weighted by Crippen LogP contribution is -2.32. The lowest BCUT2D eigenvalue weighted by molar-refractivity contribution is -0.141. The van der Waals surface area contributed by atoms with E-state index in [0.29, 0.717) is 12.8 Å². The van der Waals surface area contributed by atoms with E-state index in [9.17, 15) is 9.59 Å². The van der Waals surface area contributed by atoms with Gasteiger partial charge in [-0.2, -0.15) is 0 Å². The molecule has 19 heavy (non-hydrogen) atoms. The van der Waals surface area contributed by atoms with Crippen LogP contribution in [0, 0.1) is 11.8 Å². The molecule has 110 valence electrons. The Hall–Kier alpha value is -1.06. The van der Waals surface area contributed by atoms with Crippen molar-refractivity contribution in [2.24, 2.45) is 11.8 Å². The Morgan fingerprint density at radius 3 is 2.58 bits per heavy atom. The van der Waals surface area contributed by atoms with Crippen LogP contribution in [-0.2, 0) is 9.59 Å². The molecule has 1 unspecified atom stereocenters. The summed E-state index contributed by atoms with van der Waals surface area (Å²) in [7, 11) is 0. The summed E-state index contributed by atoms with van der Waals surface area (Å²) in [5, 5.41) is 11.7. The fraction of sp³-hybridized carbons (Fsp3) is 0.867. The molecule has 1 fully saturated rings. The van der Waals surface area contributed by atoms with Gasteiger partial charge in [-0.3, -0.25) is 9.59 Å². The molecule has 1 aliphatic carbocycles. The van der Waals surface area contributed by atoms with Crippen molar-refractivity contribution < 1.29 is 14.7 Å². The van der Waals surface area contributed by atoms with Gasteiger partial charge < -0.3 is 10.4 Å². The van der Waals surface area contributed by atoms with Gasteiger partial charge in [-0.15, -0.1) is 0 Å². The van der Waals surface area contributed by atoms with Crippen molar-refractivity contribution in [2.45, 2.75) is 64.7 Å². The van der Waals surface area contributed by atoms with Crippen LogP contribution in [0.1, 0.15) is 64.7 Å². The number of carboxylic acids is 1. The number of amides is 1. The number of hydrogen-bond donors (Lipinski definition) is 2. The summed E-state index contributed by atoms with van der Waals surface area (Å²) in [5.41, 5.74) is 0. The van der Waals surface area contributed by atoms with E-state index in [4.69, 9.17) is 5.11 Å². The molecule has 1 atom stereocenters. The molecule has 4 nitrogen and oxygen atoms in total. The Morgan fingerprint density at radius 2 is 2.00 bits per heavy atom. The minimum Gasteiger partial charge on any atom is -0.481 e. The van der Waals surface area contributed by atoms with Crippen molar-refractivity contribution in [3.63, 3.8) is 0 Å². The molecule has 1 amide bonds. The van der Waals surface area contributed by atoms with Crippen LogP contribution in [0.25, 0.3) is 0 Å². The van der Waals surface area contributed by atoms with E-state index < -0.39 is 11.9 Å². The molecule has 0 radical (unpaired) electrons. The Kier molecular flexibility index (Phi) is 7.53. The number of carbonyl (C=O) groups excluding carboxylic acids is 1. The number of rotatable bonds is 9. The predicted molar refractivity (Wildman–Crippen MR) is 74.9 cm³/mol. The van der Waals surface area contributed by atoms with Crippen molar-refractivity contribution in [3.8, 4) is 0 Å². The average Bonchev–Trinajstić information content (AvgIpc) is 2.87. The van der Waals surface area contributed by atoms with Gasteiger partial charge in [0.25, 0.3) is 0 Å². The lowest BCUT2D eigenvalue weighted by atomic mass is 10.0. The summed E-state index contributed by atoms with van der Waals surface area (Å²) >= 11 is 0. The number of carboxylic acid groups (broad SMARTS) is 1. The third-order valence-electron chi connectivity index (χ3n) is 4.02. The van der Waals surface area contributed by atoms with Crippen molar-refractivity contribution in [2.75, 3.05) is 6.54 Å². The van der Waals surface area contributed by atoms with Crippen LogP contribution in [0.3, 0.4) is 0 Å². The molecular weight excluding hydrogens is 242 g/mol. The SMILES string of the molecule is CCCC(CNC(=O)CCCC1CCCC1)C(=O)O. The summed E-state index contributed by atoms with van der Waals surface area (Å²) < 4.78 is 0. The van der Waals surface area contributed by atoms with Crippen LogP contribution in [0.15, 0.2) is 0 Å². The van der Waals surface area contributed by atoms with Crippen molar-refractivity contribution >= 4 is 11.9 Å². The van der Waals surface area contributed by atoms with Crippen molar-refractivity contribution in [3.05, 3.63) is 0 Å². The first-order valence-corrected chi connectivity index (χ1v) is 7.63. The highest BCUT2D eigenvalue weighted by atomic mass is 16.4. The maximum Gasteiger partial charge on any atom is 0.308 e. The minimum atomic E-state index is -0.812. The van der Waals surface area contributed by atoms with Gasteiger partial charge in [0.15, 0.2) is 0 Å². The third kappa shape index (κ3) is 6.60. The highest BCUT2D eigenvalue weighted by Gasteiger charge is 2.18. The van der Waals surface area contributed by atoms with Gasteiger partial charge >= 0.3 is 5.97 Å². The summed E-state index contributed by atoms with van der Waals surface area (Å²) in [6.45, 7) is 2.23. The Morgan fingerprint density at radius 1 is 1.32 bits per heavy atom. The number of hydrogen-bond acceptors (Lipinski definition) is 2. The number of carbonyl (C=O) groups is 2. The van der Waals surface area contributed by atoms with E-state index in [1.807, 2.05) is 6.92 Å². The second kappa shape index (κ2) is 8.94. The first-order valence-electron chi connectivity index (χ1n) is 7.63. The zero-order valence-corrected chi connectivity index (χ0v) is 12.0. The zero-order valence-electron chi connectivity index (χ0n) is 12.0. The van der Waals surface area contributed by atoms with Gasteiger partial charge in [-0.25, -0.2) is 0 Å². The maximum absolute atomic E-state index is 11.6. The van der Waals surface area contributed by atoms with Gasteiger partial charge in [-0.05, 0) is 25.2 Å². The fourth-order valence-corrected chi connectivity index (χ4v) is 2.84. The van der Waals surface area contributed by atoms with Crippen LogP contribution in [0.5, 0.6) is 0 Å². The van der Waals surface area contributed by atoms with E-state index in [-0.39, 0.29) is 12.5 Å². The average molecular weight is 269 g/mol. The first-order chi connectivity index (χ1) is 9.13. The van der Waals surface area contributed by atoms with Gasteiger partial charge in [-0.1, -0.05) is 39.0 Å². The summed E-state index contributed by atoms with van der Waals surface area (Å²) in [6, 6.07) is 0. The maximum atomic E-state index is 11.6. The molecule has 0 aromatic heterocycles. The summed E-state index contributed by atoms with van der Waals surface area (Å²) in [4.78, 5) is 22.6. The summed E-state index contributed by atoms with van der Waals surface area (Å²) in [5.74, 6) is -0.433. The standard InChI is InChI=1S/C15H27NO3/c1-2-6-13(15(18)19)11-16-14(17)10-5-9-12-7-3-4-8-12/h12-13H,2-11H2,1H3,(H,16,17)(H,18,19). The van der Waals surface area contributed by atoms with Crippen molar-refractivity contribution in [1.29, 1.82) is 0 Å². The molecule has 0 aromatic carbocycles. The van der Waals surface area contributed by atoms with Gasteiger partial charge in [0, 0.05) is 13.0 Å². The minimum absolute atomic E-state index is 0.000324. The number of aliphatic carboxylic acids is 1. The van der Waals surface area contributed by atoms with Crippen LogP contribution < -0.4 is 5.32 Å². The highest BCUT2D eigenvalue weighted by molar-refractivity contribution is 5.77. The Bertz CT molecular complexity index is 285. The molecule has 0 spiro atoms. The Labute approximate surface area is 116 Å². The normalized spacial score (nSPS) is 17.3. The number of nitrogens with one attached hydrogen (secondary N) is 1. The van der Waals surface area contributed by atoms with E-state index in [1.165, 1.54) is 25.7 Å². The molecule has 0 aromatic rings. The summed E-state index contributed by atoms with van der Waals surface area (Å²) in [6.07, 6.45) is 9.38.